The van der Waals surface area contributed by atoms with Crippen LogP contribution in [0.3, 0.4) is 0 Å². The minimum atomic E-state index is -0.167. The molecule has 1 aliphatic heterocycles. The van der Waals surface area contributed by atoms with Crippen molar-refractivity contribution < 1.29 is 14.3 Å². The van der Waals surface area contributed by atoms with E-state index in [0.29, 0.717) is 24.6 Å². The Labute approximate surface area is 185 Å². The third kappa shape index (κ3) is 4.53. The Kier molecular flexibility index (Phi) is 6.41. The van der Waals surface area contributed by atoms with Gasteiger partial charge >= 0.3 is 0 Å². The van der Waals surface area contributed by atoms with Crippen LogP contribution in [0, 0.1) is 0 Å². The highest BCUT2D eigenvalue weighted by Crippen LogP contribution is 2.32. The summed E-state index contributed by atoms with van der Waals surface area (Å²) in [6.45, 7) is 1.10. The number of ether oxygens (including phenoxy) is 2. The summed E-state index contributed by atoms with van der Waals surface area (Å²) < 4.78 is 13.3. The van der Waals surface area contributed by atoms with Crippen LogP contribution in [0.1, 0.15) is 5.56 Å². The Bertz CT molecular complexity index is 1170. The summed E-state index contributed by atoms with van der Waals surface area (Å²) in [7, 11) is 1.65. The van der Waals surface area contributed by atoms with Crippen molar-refractivity contribution >= 4 is 45.1 Å². The number of hydrogen-bond donors (Lipinski definition) is 1. The molecule has 0 unspecified atom stereocenters. The normalized spacial score (nSPS) is 13.9. The van der Waals surface area contributed by atoms with Gasteiger partial charge in [0.15, 0.2) is 6.61 Å². The lowest BCUT2D eigenvalue weighted by Gasteiger charge is -2.18. The van der Waals surface area contributed by atoms with Crippen LogP contribution in [-0.4, -0.2) is 43.7 Å². The Morgan fingerprint density at radius 1 is 1.33 bits per heavy atom. The number of nitrogens with one attached hydrogen (secondary N) is 1. The van der Waals surface area contributed by atoms with Crippen LogP contribution in [0.15, 0.2) is 62.4 Å². The number of amides is 1. The SMILES string of the molecule is COCCN=c1scc(-c2ccc3c(c2)NC(=O)CO3)n1N=Cc1ccccc1Br. The Morgan fingerprint density at radius 2 is 2.20 bits per heavy atom. The minimum Gasteiger partial charge on any atom is -0.482 e. The maximum Gasteiger partial charge on any atom is 0.262 e. The molecule has 1 amide bonds. The van der Waals surface area contributed by atoms with Crippen molar-refractivity contribution in [3.8, 4) is 17.0 Å². The molecular weight excluding hydrogens is 468 g/mol. The van der Waals surface area contributed by atoms with Crippen molar-refractivity contribution in [1.29, 1.82) is 0 Å². The van der Waals surface area contributed by atoms with E-state index in [1.165, 1.54) is 11.3 Å². The number of carbonyl (C=O) groups excluding carboxylic acids is 1. The first-order chi connectivity index (χ1) is 14.7. The molecule has 1 aromatic heterocycles. The average molecular weight is 487 g/mol. The number of rotatable bonds is 6. The van der Waals surface area contributed by atoms with Gasteiger partial charge in [-0.1, -0.05) is 34.1 Å². The lowest BCUT2D eigenvalue weighted by Crippen LogP contribution is -2.25. The van der Waals surface area contributed by atoms with Crippen molar-refractivity contribution in [2.75, 3.05) is 32.2 Å². The van der Waals surface area contributed by atoms with E-state index >= 15 is 0 Å². The molecule has 1 aliphatic rings. The van der Waals surface area contributed by atoms with Gasteiger partial charge in [-0.2, -0.15) is 5.10 Å². The summed E-state index contributed by atoms with van der Waals surface area (Å²) in [6, 6.07) is 13.6. The third-order valence-corrected chi connectivity index (χ3v) is 5.93. The van der Waals surface area contributed by atoms with Gasteiger partial charge in [-0.25, -0.2) is 4.68 Å². The van der Waals surface area contributed by atoms with Crippen molar-refractivity contribution in [3.63, 3.8) is 0 Å². The van der Waals surface area contributed by atoms with E-state index in [2.05, 4.69) is 26.2 Å². The summed E-state index contributed by atoms with van der Waals surface area (Å²) in [5.41, 5.74) is 3.36. The van der Waals surface area contributed by atoms with E-state index in [1.807, 2.05) is 47.8 Å². The number of fused-ring (bicyclic) bond motifs is 1. The monoisotopic (exact) mass is 486 g/mol. The molecule has 7 nitrogen and oxygen atoms in total. The number of nitrogens with zero attached hydrogens (tertiary/aromatic N) is 3. The van der Waals surface area contributed by atoms with E-state index in [-0.39, 0.29) is 12.5 Å². The number of anilines is 1. The van der Waals surface area contributed by atoms with Crippen LogP contribution in [0.5, 0.6) is 5.75 Å². The van der Waals surface area contributed by atoms with Gasteiger partial charge in [0.05, 0.1) is 30.7 Å². The zero-order valence-electron chi connectivity index (χ0n) is 16.2. The Balaban J connectivity index is 1.77. The Morgan fingerprint density at radius 3 is 3.03 bits per heavy atom. The predicted molar refractivity (Wildman–Crippen MR) is 121 cm³/mol. The molecule has 2 heterocycles. The second kappa shape index (κ2) is 9.38. The zero-order valence-corrected chi connectivity index (χ0v) is 18.6. The molecule has 1 N–H and O–H groups in total. The molecule has 0 saturated carbocycles. The molecule has 9 heteroatoms. The highest BCUT2D eigenvalue weighted by molar-refractivity contribution is 9.10. The topological polar surface area (TPSA) is 77.2 Å². The van der Waals surface area contributed by atoms with E-state index in [1.54, 1.807) is 18.0 Å². The maximum atomic E-state index is 11.7. The standard InChI is InChI=1S/C21H19BrN4O3S/c1-28-9-8-23-21-26(24-11-15-4-2-3-5-16(15)22)18(13-30-21)14-6-7-19-17(10-14)25-20(27)12-29-19/h2-7,10-11,13H,8-9,12H2,1H3,(H,25,27). The van der Waals surface area contributed by atoms with Crippen LogP contribution in [0.2, 0.25) is 0 Å². The lowest BCUT2D eigenvalue weighted by atomic mass is 10.1. The highest BCUT2D eigenvalue weighted by Gasteiger charge is 2.17. The van der Waals surface area contributed by atoms with Gasteiger partial charge in [-0.3, -0.25) is 9.79 Å². The molecule has 3 aromatic rings. The largest absolute Gasteiger partial charge is 0.482 e. The third-order valence-electron chi connectivity index (χ3n) is 4.35. The fourth-order valence-corrected chi connectivity index (χ4v) is 4.14. The molecule has 2 aromatic carbocycles. The molecule has 0 atom stereocenters. The minimum absolute atomic E-state index is 0.0313. The van der Waals surface area contributed by atoms with Crippen molar-refractivity contribution in [1.82, 2.24) is 4.68 Å². The molecule has 0 spiro atoms. The number of thiazole rings is 1. The van der Waals surface area contributed by atoms with Gasteiger partial charge in [0, 0.05) is 28.1 Å². The van der Waals surface area contributed by atoms with Crippen LogP contribution < -0.4 is 14.9 Å². The van der Waals surface area contributed by atoms with Gasteiger partial charge in [0.1, 0.15) is 5.75 Å². The lowest BCUT2D eigenvalue weighted by molar-refractivity contribution is -0.118. The molecule has 154 valence electrons. The van der Waals surface area contributed by atoms with E-state index < -0.39 is 0 Å². The quantitative estimate of drug-likeness (QED) is 0.425. The first-order valence-electron chi connectivity index (χ1n) is 9.21. The van der Waals surface area contributed by atoms with E-state index in [0.717, 1.165) is 26.1 Å². The molecule has 0 aliphatic carbocycles. The second-order valence-corrected chi connectivity index (χ2v) is 8.09. The number of methoxy groups -OCH3 is 1. The maximum absolute atomic E-state index is 11.7. The average Bonchev–Trinajstić information content (AvgIpc) is 3.15. The predicted octanol–water partition coefficient (Wildman–Crippen LogP) is 3.74. The summed E-state index contributed by atoms with van der Waals surface area (Å²) in [4.78, 5) is 17.1. The molecule has 0 fully saturated rings. The summed E-state index contributed by atoms with van der Waals surface area (Å²) >= 11 is 5.04. The van der Waals surface area contributed by atoms with Crippen LogP contribution in [0.25, 0.3) is 11.3 Å². The van der Waals surface area contributed by atoms with Crippen molar-refractivity contribution in [2.24, 2.45) is 10.1 Å². The van der Waals surface area contributed by atoms with Gasteiger partial charge < -0.3 is 14.8 Å². The smallest absolute Gasteiger partial charge is 0.262 e. The number of aromatic nitrogens is 1. The fourth-order valence-electron chi connectivity index (χ4n) is 2.89. The van der Waals surface area contributed by atoms with Crippen molar-refractivity contribution in [3.05, 3.63) is 62.7 Å². The van der Waals surface area contributed by atoms with Crippen LogP contribution >= 0.6 is 27.3 Å². The fraction of sp³-hybridized carbons (Fsp3) is 0.190. The van der Waals surface area contributed by atoms with Gasteiger partial charge in [-0.15, -0.1) is 11.3 Å². The molecule has 30 heavy (non-hydrogen) atoms. The molecule has 0 radical (unpaired) electrons. The van der Waals surface area contributed by atoms with Crippen LogP contribution in [0.4, 0.5) is 5.69 Å². The molecule has 4 rings (SSSR count). The first kappa shape index (κ1) is 20.5. The molecule has 0 saturated heterocycles. The first-order valence-corrected chi connectivity index (χ1v) is 10.9. The zero-order chi connectivity index (χ0) is 20.9. The van der Waals surface area contributed by atoms with E-state index in [9.17, 15) is 4.79 Å². The highest BCUT2D eigenvalue weighted by atomic mass is 79.9. The summed E-state index contributed by atoms with van der Waals surface area (Å²) in [6.07, 6.45) is 1.79. The summed E-state index contributed by atoms with van der Waals surface area (Å²) in [5.74, 6) is 0.488. The second-order valence-electron chi connectivity index (χ2n) is 6.40. The van der Waals surface area contributed by atoms with Gasteiger partial charge in [-0.05, 0) is 24.3 Å². The van der Waals surface area contributed by atoms with Gasteiger partial charge in [0.25, 0.3) is 5.91 Å². The molecule has 0 bridgehead atoms. The Hall–Kier alpha value is -2.75. The van der Waals surface area contributed by atoms with Gasteiger partial charge in [0.2, 0.25) is 4.80 Å². The summed E-state index contributed by atoms with van der Waals surface area (Å²) in [5, 5.41) is 9.54. The number of carbonyl (C=O) groups is 1. The number of benzene rings is 2. The number of halogens is 1. The van der Waals surface area contributed by atoms with Crippen LogP contribution in [-0.2, 0) is 9.53 Å². The molecular formula is C21H19BrN4O3S. The number of hydrogen-bond acceptors (Lipinski definition) is 6. The van der Waals surface area contributed by atoms with Crippen molar-refractivity contribution in [2.45, 2.75) is 0 Å². The van der Waals surface area contributed by atoms with E-state index in [4.69, 9.17) is 14.6 Å².